The lowest BCUT2D eigenvalue weighted by atomic mass is 10.1. The molecule has 0 unspecified atom stereocenters. The van der Waals surface area contributed by atoms with Crippen LogP contribution in [0.5, 0.6) is 0 Å². The van der Waals surface area contributed by atoms with Crippen LogP contribution >= 0.6 is 0 Å². The van der Waals surface area contributed by atoms with Crippen molar-refractivity contribution in [2.24, 2.45) is 0 Å². The molecule has 3 nitrogen and oxygen atoms in total. The van der Waals surface area contributed by atoms with Crippen LogP contribution in [0.2, 0.25) is 0 Å². The molecule has 1 aliphatic heterocycles. The van der Waals surface area contributed by atoms with E-state index in [1.54, 1.807) is 0 Å². The van der Waals surface area contributed by atoms with Gasteiger partial charge >= 0.3 is 0 Å². The summed E-state index contributed by atoms with van der Waals surface area (Å²) in [5.41, 5.74) is 3.46. The van der Waals surface area contributed by atoms with E-state index in [9.17, 15) is 4.79 Å². The van der Waals surface area contributed by atoms with E-state index in [1.165, 1.54) is 5.56 Å². The number of rotatable bonds is 3. The Labute approximate surface area is 96.5 Å². The fourth-order valence-electron chi connectivity index (χ4n) is 2.17. The van der Waals surface area contributed by atoms with Crippen molar-refractivity contribution < 1.29 is 4.79 Å². The lowest BCUT2D eigenvalue weighted by molar-refractivity contribution is -0.117. The van der Waals surface area contributed by atoms with Crippen molar-refractivity contribution in [3.8, 4) is 0 Å². The first-order valence-electron chi connectivity index (χ1n) is 5.94. The van der Waals surface area contributed by atoms with Gasteiger partial charge in [0.2, 0.25) is 5.91 Å². The second kappa shape index (κ2) is 4.56. The Bertz CT molecular complexity index is 401. The number of anilines is 2. The van der Waals surface area contributed by atoms with Crippen molar-refractivity contribution in [2.75, 3.05) is 23.3 Å². The van der Waals surface area contributed by atoms with Crippen molar-refractivity contribution >= 4 is 17.3 Å². The normalized spacial score (nSPS) is 14.6. The highest BCUT2D eigenvalue weighted by Crippen LogP contribution is 2.32. The summed E-state index contributed by atoms with van der Waals surface area (Å²) in [6.45, 7) is 5.46. The highest BCUT2D eigenvalue weighted by molar-refractivity contribution is 6.03. The summed E-state index contributed by atoms with van der Waals surface area (Å²) in [7, 11) is 0. The third kappa shape index (κ3) is 1.77. The van der Waals surface area contributed by atoms with Crippen LogP contribution in [0.3, 0.4) is 0 Å². The van der Waals surface area contributed by atoms with Crippen LogP contribution in [0.25, 0.3) is 0 Å². The molecule has 1 heterocycles. The average Bonchev–Trinajstić information content (AvgIpc) is 2.32. The third-order valence-corrected chi connectivity index (χ3v) is 2.97. The molecule has 0 atom stereocenters. The molecule has 0 spiro atoms. The number of hydrogen-bond acceptors (Lipinski definition) is 2. The number of aryl methyl sites for hydroxylation is 1. The van der Waals surface area contributed by atoms with Gasteiger partial charge in [0.15, 0.2) is 0 Å². The Hall–Kier alpha value is -1.51. The van der Waals surface area contributed by atoms with Crippen molar-refractivity contribution in [1.29, 1.82) is 0 Å². The molecule has 0 aromatic heterocycles. The molecule has 0 saturated carbocycles. The van der Waals surface area contributed by atoms with Gasteiger partial charge in [-0.1, -0.05) is 26.0 Å². The molecule has 86 valence electrons. The van der Waals surface area contributed by atoms with Crippen LogP contribution in [0.4, 0.5) is 11.4 Å². The predicted octanol–water partition coefficient (Wildman–Crippen LogP) is 2.42. The monoisotopic (exact) mass is 218 g/mol. The molecule has 16 heavy (non-hydrogen) atoms. The summed E-state index contributed by atoms with van der Waals surface area (Å²) in [4.78, 5) is 13.7. The molecular weight excluding hydrogens is 200 g/mol. The Morgan fingerprint density at radius 3 is 2.88 bits per heavy atom. The first-order valence-corrected chi connectivity index (χ1v) is 5.94. The first kappa shape index (κ1) is 11.0. The van der Waals surface area contributed by atoms with Crippen LogP contribution in [-0.4, -0.2) is 19.0 Å². The van der Waals surface area contributed by atoms with Gasteiger partial charge in [0.1, 0.15) is 0 Å². The lowest BCUT2D eigenvalue weighted by Crippen LogP contribution is -2.40. The number of para-hydroxylation sites is 1. The zero-order valence-corrected chi connectivity index (χ0v) is 9.92. The van der Waals surface area contributed by atoms with E-state index >= 15 is 0 Å². The Kier molecular flexibility index (Phi) is 3.13. The summed E-state index contributed by atoms with van der Waals surface area (Å²) < 4.78 is 0. The molecule has 3 heteroatoms. The summed E-state index contributed by atoms with van der Waals surface area (Å²) in [5.74, 6) is 0.169. The van der Waals surface area contributed by atoms with E-state index in [2.05, 4.69) is 25.2 Å². The molecule has 1 aromatic carbocycles. The van der Waals surface area contributed by atoms with Gasteiger partial charge in [-0.15, -0.1) is 0 Å². The highest BCUT2D eigenvalue weighted by Gasteiger charge is 2.24. The van der Waals surface area contributed by atoms with Gasteiger partial charge in [-0.2, -0.15) is 0 Å². The van der Waals surface area contributed by atoms with Gasteiger partial charge in [0.05, 0.1) is 17.9 Å². The minimum atomic E-state index is 0.169. The van der Waals surface area contributed by atoms with Crippen molar-refractivity contribution in [3.63, 3.8) is 0 Å². The van der Waals surface area contributed by atoms with Crippen LogP contribution in [0.15, 0.2) is 18.2 Å². The topological polar surface area (TPSA) is 32.3 Å². The second-order valence-electron chi connectivity index (χ2n) is 4.06. The quantitative estimate of drug-likeness (QED) is 0.845. The fourth-order valence-corrected chi connectivity index (χ4v) is 2.17. The number of carbonyl (C=O) groups excluding carboxylic acids is 1. The first-order chi connectivity index (χ1) is 7.77. The van der Waals surface area contributed by atoms with E-state index in [-0.39, 0.29) is 5.91 Å². The van der Waals surface area contributed by atoms with E-state index in [0.29, 0.717) is 6.54 Å². The van der Waals surface area contributed by atoms with Crippen LogP contribution in [0.1, 0.15) is 25.8 Å². The van der Waals surface area contributed by atoms with Crippen LogP contribution < -0.4 is 10.2 Å². The number of hydrogen-bond donors (Lipinski definition) is 1. The SMILES string of the molecule is CCCN1C(=O)CNc2c(CC)cccc21. The highest BCUT2D eigenvalue weighted by atomic mass is 16.2. The Balaban J connectivity index is 2.43. The number of carbonyl (C=O) groups is 1. The zero-order valence-electron chi connectivity index (χ0n) is 9.92. The number of fused-ring (bicyclic) bond motifs is 1. The van der Waals surface area contributed by atoms with E-state index in [1.807, 2.05) is 17.0 Å². The van der Waals surface area contributed by atoms with Crippen LogP contribution in [-0.2, 0) is 11.2 Å². The molecule has 0 fully saturated rings. The van der Waals surface area contributed by atoms with Gasteiger partial charge in [-0.3, -0.25) is 4.79 Å². The number of nitrogens with zero attached hydrogens (tertiary/aromatic N) is 1. The maximum atomic E-state index is 11.8. The molecule has 1 N–H and O–H groups in total. The molecular formula is C13H18N2O. The predicted molar refractivity (Wildman–Crippen MR) is 67.0 cm³/mol. The van der Waals surface area contributed by atoms with Crippen LogP contribution in [0, 0.1) is 0 Å². The van der Waals surface area contributed by atoms with Gasteiger partial charge in [0, 0.05) is 6.54 Å². The van der Waals surface area contributed by atoms with Gasteiger partial charge < -0.3 is 10.2 Å². The van der Waals surface area contributed by atoms with Crippen molar-refractivity contribution in [3.05, 3.63) is 23.8 Å². The molecule has 1 amide bonds. The van der Waals surface area contributed by atoms with Crippen molar-refractivity contribution in [1.82, 2.24) is 0 Å². The molecule has 1 aliphatic rings. The number of nitrogens with one attached hydrogen (secondary N) is 1. The second-order valence-corrected chi connectivity index (χ2v) is 4.06. The lowest BCUT2D eigenvalue weighted by Gasteiger charge is -2.31. The largest absolute Gasteiger partial charge is 0.374 e. The van der Waals surface area contributed by atoms with E-state index in [4.69, 9.17) is 0 Å². The third-order valence-electron chi connectivity index (χ3n) is 2.97. The zero-order chi connectivity index (χ0) is 11.5. The Morgan fingerprint density at radius 2 is 2.19 bits per heavy atom. The summed E-state index contributed by atoms with van der Waals surface area (Å²) >= 11 is 0. The average molecular weight is 218 g/mol. The number of amides is 1. The fraction of sp³-hybridized carbons (Fsp3) is 0.462. The maximum Gasteiger partial charge on any atom is 0.246 e. The molecule has 0 bridgehead atoms. The summed E-state index contributed by atoms with van der Waals surface area (Å²) in [6.07, 6.45) is 1.98. The Morgan fingerprint density at radius 1 is 1.38 bits per heavy atom. The van der Waals surface area contributed by atoms with Gasteiger partial charge in [0.25, 0.3) is 0 Å². The summed E-state index contributed by atoms with van der Waals surface area (Å²) in [6, 6.07) is 6.17. The summed E-state index contributed by atoms with van der Waals surface area (Å²) in [5, 5.41) is 3.23. The molecule has 0 radical (unpaired) electrons. The van der Waals surface area contributed by atoms with Gasteiger partial charge in [-0.25, -0.2) is 0 Å². The molecule has 1 aromatic rings. The molecule has 2 rings (SSSR count). The van der Waals surface area contributed by atoms with E-state index in [0.717, 1.165) is 30.8 Å². The van der Waals surface area contributed by atoms with Gasteiger partial charge in [-0.05, 0) is 24.5 Å². The van der Waals surface area contributed by atoms with E-state index < -0.39 is 0 Å². The number of benzene rings is 1. The smallest absolute Gasteiger partial charge is 0.246 e. The minimum Gasteiger partial charge on any atom is -0.374 e. The standard InChI is InChI=1S/C13H18N2O/c1-3-8-15-11-7-5-6-10(4-2)13(11)14-9-12(15)16/h5-7,14H,3-4,8-9H2,1-2H3. The molecule has 0 aliphatic carbocycles. The minimum absolute atomic E-state index is 0.169. The molecule has 0 saturated heterocycles. The maximum absolute atomic E-state index is 11.8. The van der Waals surface area contributed by atoms with Crippen molar-refractivity contribution in [2.45, 2.75) is 26.7 Å².